The molecule has 5 nitrogen and oxygen atoms in total. The SMILES string of the molecule is Cn1nnc(CC(=O)CC2CCCCCC2)n1. The maximum Gasteiger partial charge on any atom is 0.182 e. The number of aryl methyl sites for hydroxylation is 1. The highest BCUT2D eigenvalue weighted by Crippen LogP contribution is 2.25. The van der Waals surface area contributed by atoms with Gasteiger partial charge >= 0.3 is 0 Å². The predicted molar refractivity (Wildman–Crippen MR) is 63.3 cm³/mol. The number of aromatic nitrogens is 4. The van der Waals surface area contributed by atoms with Crippen molar-refractivity contribution in [2.45, 2.75) is 51.4 Å². The number of Topliss-reactive ketones (excluding diaryl/α,β-unsaturated/α-hetero) is 1. The zero-order valence-corrected chi connectivity index (χ0v) is 10.4. The van der Waals surface area contributed by atoms with Crippen LogP contribution < -0.4 is 0 Å². The van der Waals surface area contributed by atoms with Gasteiger partial charge in [0.2, 0.25) is 0 Å². The van der Waals surface area contributed by atoms with Gasteiger partial charge in [0.1, 0.15) is 5.78 Å². The van der Waals surface area contributed by atoms with Crippen molar-refractivity contribution in [1.82, 2.24) is 20.2 Å². The summed E-state index contributed by atoms with van der Waals surface area (Å²) in [5.41, 5.74) is 0. The molecule has 0 atom stereocenters. The van der Waals surface area contributed by atoms with Crippen LogP contribution in [0.5, 0.6) is 0 Å². The van der Waals surface area contributed by atoms with E-state index in [2.05, 4.69) is 15.4 Å². The molecule has 0 spiro atoms. The highest BCUT2D eigenvalue weighted by atomic mass is 16.1. The fourth-order valence-corrected chi connectivity index (χ4v) is 2.53. The summed E-state index contributed by atoms with van der Waals surface area (Å²) in [4.78, 5) is 13.3. The van der Waals surface area contributed by atoms with E-state index in [1.807, 2.05) is 0 Å². The summed E-state index contributed by atoms with van der Waals surface area (Å²) in [5, 5.41) is 11.6. The molecule has 0 radical (unpaired) electrons. The van der Waals surface area contributed by atoms with Crippen LogP contribution in [0.3, 0.4) is 0 Å². The van der Waals surface area contributed by atoms with E-state index in [0.29, 0.717) is 24.6 Å². The molecule has 5 heteroatoms. The molecule has 0 amide bonds. The summed E-state index contributed by atoms with van der Waals surface area (Å²) in [6.45, 7) is 0. The third-order valence-electron chi connectivity index (χ3n) is 3.40. The lowest BCUT2D eigenvalue weighted by molar-refractivity contribution is -0.119. The minimum Gasteiger partial charge on any atom is -0.299 e. The Morgan fingerprint density at radius 1 is 1.29 bits per heavy atom. The van der Waals surface area contributed by atoms with Gasteiger partial charge in [-0.25, -0.2) is 0 Å². The summed E-state index contributed by atoms with van der Waals surface area (Å²) >= 11 is 0. The molecule has 0 aliphatic heterocycles. The van der Waals surface area contributed by atoms with Crippen LogP contribution in [0.4, 0.5) is 0 Å². The van der Waals surface area contributed by atoms with Crippen molar-refractivity contribution in [2.75, 3.05) is 0 Å². The largest absolute Gasteiger partial charge is 0.299 e. The quantitative estimate of drug-likeness (QED) is 0.746. The molecule has 1 aromatic heterocycles. The molecule has 0 saturated heterocycles. The third-order valence-corrected chi connectivity index (χ3v) is 3.40. The molecule has 1 fully saturated rings. The van der Waals surface area contributed by atoms with E-state index in [0.717, 1.165) is 0 Å². The number of nitrogens with zero attached hydrogens (tertiary/aromatic N) is 4. The van der Waals surface area contributed by atoms with Crippen molar-refractivity contribution in [3.8, 4) is 0 Å². The van der Waals surface area contributed by atoms with Crippen molar-refractivity contribution in [3.05, 3.63) is 5.82 Å². The first-order valence-electron chi connectivity index (χ1n) is 6.48. The molecule has 0 aromatic carbocycles. The second-order valence-corrected chi connectivity index (χ2v) is 4.97. The fraction of sp³-hybridized carbons (Fsp3) is 0.833. The summed E-state index contributed by atoms with van der Waals surface area (Å²) in [5.74, 6) is 1.39. The number of carbonyl (C=O) groups is 1. The molecule has 1 saturated carbocycles. The van der Waals surface area contributed by atoms with Gasteiger partial charge in [-0.15, -0.1) is 10.2 Å². The molecular weight excluding hydrogens is 216 g/mol. The average molecular weight is 236 g/mol. The summed E-state index contributed by atoms with van der Waals surface area (Å²) in [7, 11) is 1.71. The Morgan fingerprint density at radius 2 is 2.00 bits per heavy atom. The first kappa shape index (κ1) is 12.2. The van der Waals surface area contributed by atoms with E-state index >= 15 is 0 Å². The highest BCUT2D eigenvalue weighted by molar-refractivity contribution is 5.80. The van der Waals surface area contributed by atoms with Gasteiger partial charge in [0, 0.05) is 6.42 Å². The minimum absolute atomic E-state index is 0.255. The molecule has 1 aromatic rings. The molecule has 94 valence electrons. The Labute approximate surface area is 102 Å². The lowest BCUT2D eigenvalue weighted by Crippen LogP contribution is -2.11. The second-order valence-electron chi connectivity index (χ2n) is 4.97. The van der Waals surface area contributed by atoms with Crippen LogP contribution >= 0.6 is 0 Å². The lowest BCUT2D eigenvalue weighted by Gasteiger charge is -2.11. The minimum atomic E-state index is 0.255. The molecule has 1 heterocycles. The first-order valence-corrected chi connectivity index (χ1v) is 6.48. The average Bonchev–Trinajstić information content (AvgIpc) is 2.53. The monoisotopic (exact) mass is 236 g/mol. The van der Waals surface area contributed by atoms with Crippen LogP contribution in [0, 0.1) is 5.92 Å². The lowest BCUT2D eigenvalue weighted by atomic mass is 9.93. The smallest absolute Gasteiger partial charge is 0.182 e. The fourth-order valence-electron chi connectivity index (χ4n) is 2.53. The van der Waals surface area contributed by atoms with Crippen LogP contribution in [-0.4, -0.2) is 26.0 Å². The summed E-state index contributed by atoms with van der Waals surface area (Å²) in [6, 6.07) is 0. The van der Waals surface area contributed by atoms with Crippen LogP contribution in [0.25, 0.3) is 0 Å². The predicted octanol–water partition coefficient (Wildman–Crippen LogP) is 1.68. The van der Waals surface area contributed by atoms with Crippen LogP contribution in [-0.2, 0) is 18.3 Å². The first-order chi connectivity index (χ1) is 8.24. The second kappa shape index (κ2) is 5.89. The standard InChI is InChI=1S/C12H20N4O/c1-16-14-12(13-15-16)9-11(17)8-10-6-4-2-3-5-7-10/h10H,2-9H2,1H3. The van der Waals surface area contributed by atoms with Crippen LogP contribution in [0.15, 0.2) is 0 Å². The van der Waals surface area contributed by atoms with Gasteiger partial charge in [0.15, 0.2) is 5.82 Å². The number of hydrogen-bond acceptors (Lipinski definition) is 4. The van der Waals surface area contributed by atoms with E-state index in [9.17, 15) is 4.79 Å². The topological polar surface area (TPSA) is 60.7 Å². The molecule has 0 bridgehead atoms. The van der Waals surface area contributed by atoms with Crippen molar-refractivity contribution in [3.63, 3.8) is 0 Å². The summed E-state index contributed by atoms with van der Waals surface area (Å²) < 4.78 is 0. The van der Waals surface area contributed by atoms with Gasteiger partial charge in [-0.05, 0) is 11.1 Å². The van der Waals surface area contributed by atoms with Crippen molar-refractivity contribution < 1.29 is 4.79 Å². The highest BCUT2D eigenvalue weighted by Gasteiger charge is 2.17. The van der Waals surface area contributed by atoms with E-state index in [1.54, 1.807) is 7.05 Å². The Balaban J connectivity index is 1.80. The molecule has 0 N–H and O–H groups in total. The molecule has 0 unspecified atom stereocenters. The number of ketones is 1. The number of hydrogen-bond donors (Lipinski definition) is 0. The van der Waals surface area contributed by atoms with Gasteiger partial charge < -0.3 is 0 Å². The maximum atomic E-state index is 11.9. The zero-order chi connectivity index (χ0) is 12.1. The molecule has 1 aliphatic carbocycles. The van der Waals surface area contributed by atoms with E-state index in [4.69, 9.17) is 0 Å². The number of carbonyl (C=O) groups excluding carboxylic acids is 1. The molecule has 17 heavy (non-hydrogen) atoms. The maximum absolute atomic E-state index is 11.9. The third kappa shape index (κ3) is 3.91. The Hall–Kier alpha value is -1.26. The Morgan fingerprint density at radius 3 is 2.59 bits per heavy atom. The molecule has 1 aliphatic rings. The van der Waals surface area contributed by atoms with Crippen molar-refractivity contribution in [2.24, 2.45) is 13.0 Å². The van der Waals surface area contributed by atoms with Gasteiger partial charge in [0.25, 0.3) is 0 Å². The van der Waals surface area contributed by atoms with Gasteiger partial charge in [-0.2, -0.15) is 4.80 Å². The molecule has 2 rings (SSSR count). The molecular formula is C12H20N4O. The Bertz CT molecular complexity index is 366. The van der Waals surface area contributed by atoms with Gasteiger partial charge in [-0.1, -0.05) is 38.5 Å². The number of tetrazole rings is 1. The normalized spacial score (nSPS) is 17.9. The van der Waals surface area contributed by atoms with Gasteiger partial charge in [-0.3, -0.25) is 4.79 Å². The summed E-state index contributed by atoms with van der Waals surface area (Å²) in [6.07, 6.45) is 8.66. The zero-order valence-electron chi connectivity index (χ0n) is 10.4. The van der Waals surface area contributed by atoms with Crippen molar-refractivity contribution in [1.29, 1.82) is 0 Å². The van der Waals surface area contributed by atoms with E-state index in [1.165, 1.54) is 43.3 Å². The van der Waals surface area contributed by atoms with E-state index < -0.39 is 0 Å². The van der Waals surface area contributed by atoms with Crippen molar-refractivity contribution >= 4 is 5.78 Å². The van der Waals surface area contributed by atoms with Crippen LogP contribution in [0.1, 0.15) is 50.8 Å². The van der Waals surface area contributed by atoms with Gasteiger partial charge in [0.05, 0.1) is 13.5 Å². The Kier molecular flexibility index (Phi) is 4.23. The van der Waals surface area contributed by atoms with Crippen LogP contribution in [0.2, 0.25) is 0 Å². The van der Waals surface area contributed by atoms with E-state index in [-0.39, 0.29) is 5.78 Å². The number of rotatable bonds is 4.